The molecule has 0 radical (unpaired) electrons. The van der Waals surface area contributed by atoms with Crippen LogP contribution in [0.4, 0.5) is 0 Å². The summed E-state index contributed by atoms with van der Waals surface area (Å²) in [5.74, 6) is 0.648. The number of hydrogen-bond donors (Lipinski definition) is 0. The van der Waals surface area contributed by atoms with Gasteiger partial charge in [0.2, 0.25) is 0 Å². The Hall–Kier alpha value is -4.30. The molecule has 0 fully saturated rings. The summed E-state index contributed by atoms with van der Waals surface area (Å²) in [4.78, 5) is 4.89. The van der Waals surface area contributed by atoms with E-state index in [0.29, 0.717) is 34.5 Å². The van der Waals surface area contributed by atoms with Gasteiger partial charge in [0.25, 0.3) is 0 Å². The van der Waals surface area contributed by atoms with E-state index in [1.54, 1.807) is 6.07 Å². The number of para-hydroxylation sites is 3. The molecule has 0 aliphatic rings. The molecule has 38 heavy (non-hydrogen) atoms. The van der Waals surface area contributed by atoms with Crippen LogP contribution < -0.4 is 0 Å². The lowest BCUT2D eigenvalue weighted by atomic mass is 10.1. The van der Waals surface area contributed by atoms with Gasteiger partial charge in [-0.3, -0.25) is 0 Å². The Labute approximate surface area is 230 Å². The van der Waals surface area contributed by atoms with Crippen molar-refractivity contribution in [3.63, 3.8) is 0 Å². The second-order valence-corrected chi connectivity index (χ2v) is 9.97. The molecule has 6 aromatic rings. The molecular formula is C32H22Cl2N4. The van der Waals surface area contributed by atoms with E-state index in [1.165, 1.54) is 0 Å². The summed E-state index contributed by atoms with van der Waals surface area (Å²) in [5, 5.41) is 12.6. The van der Waals surface area contributed by atoms with Gasteiger partial charge in [-0.2, -0.15) is 5.26 Å². The second-order valence-electron chi connectivity index (χ2n) is 9.13. The van der Waals surface area contributed by atoms with Gasteiger partial charge in [-0.05, 0) is 47.5 Å². The fraction of sp³-hybridized carbons (Fsp3) is 0.0625. The van der Waals surface area contributed by atoms with Crippen molar-refractivity contribution in [1.82, 2.24) is 14.1 Å². The standard InChI is InChI=1S/C32H22Cl2N4/c33-26-15-14-23(28(34)17-26)20-37-21-25(27-10-4-6-12-30(27)37)16-24(18-35)32-36-29-11-5-7-13-31(29)38(32)19-22-8-2-1-3-9-22/h1-17,21H,19-20H2/b24-16+. The lowest BCUT2D eigenvalue weighted by Crippen LogP contribution is -2.04. The third-order valence-electron chi connectivity index (χ3n) is 6.67. The van der Waals surface area contributed by atoms with E-state index in [4.69, 9.17) is 28.2 Å². The molecule has 2 heterocycles. The number of allylic oxidation sites excluding steroid dienone is 1. The molecule has 0 amide bonds. The summed E-state index contributed by atoms with van der Waals surface area (Å²) in [6, 6.07) is 34.4. The van der Waals surface area contributed by atoms with Gasteiger partial charge in [0.1, 0.15) is 6.07 Å². The number of hydrogen-bond acceptors (Lipinski definition) is 2. The Balaban J connectivity index is 1.47. The Morgan fingerprint density at radius 3 is 2.37 bits per heavy atom. The van der Waals surface area contributed by atoms with Crippen LogP contribution >= 0.6 is 23.2 Å². The van der Waals surface area contributed by atoms with Gasteiger partial charge in [0.15, 0.2) is 5.82 Å². The van der Waals surface area contributed by atoms with Crippen LogP contribution in [0.2, 0.25) is 10.0 Å². The first-order valence-electron chi connectivity index (χ1n) is 12.2. The number of aromatic nitrogens is 3. The van der Waals surface area contributed by atoms with Crippen LogP contribution in [0.3, 0.4) is 0 Å². The zero-order valence-corrected chi connectivity index (χ0v) is 21.9. The van der Waals surface area contributed by atoms with E-state index >= 15 is 0 Å². The van der Waals surface area contributed by atoms with Gasteiger partial charge in [0, 0.05) is 45.8 Å². The van der Waals surface area contributed by atoms with E-state index in [0.717, 1.165) is 38.6 Å². The third-order valence-corrected chi connectivity index (χ3v) is 7.26. The minimum Gasteiger partial charge on any atom is -0.342 e. The lowest BCUT2D eigenvalue weighted by Gasteiger charge is -2.09. The number of nitrogens with zero attached hydrogens (tertiary/aromatic N) is 4. The van der Waals surface area contributed by atoms with Crippen molar-refractivity contribution in [2.45, 2.75) is 13.1 Å². The predicted molar refractivity (Wildman–Crippen MR) is 156 cm³/mol. The van der Waals surface area contributed by atoms with Gasteiger partial charge >= 0.3 is 0 Å². The maximum atomic E-state index is 10.3. The molecule has 0 unspecified atom stereocenters. The van der Waals surface area contributed by atoms with Crippen LogP contribution in [-0.2, 0) is 13.1 Å². The van der Waals surface area contributed by atoms with Crippen molar-refractivity contribution in [2.75, 3.05) is 0 Å². The van der Waals surface area contributed by atoms with Crippen molar-refractivity contribution in [1.29, 1.82) is 5.26 Å². The molecule has 0 aliphatic carbocycles. The van der Waals surface area contributed by atoms with Crippen molar-refractivity contribution in [3.05, 3.63) is 136 Å². The van der Waals surface area contributed by atoms with Crippen LogP contribution in [-0.4, -0.2) is 14.1 Å². The van der Waals surface area contributed by atoms with E-state index in [1.807, 2.05) is 72.8 Å². The average molecular weight is 533 g/mol. The largest absolute Gasteiger partial charge is 0.342 e. The van der Waals surface area contributed by atoms with Gasteiger partial charge in [-0.15, -0.1) is 0 Å². The second kappa shape index (κ2) is 10.2. The van der Waals surface area contributed by atoms with E-state index in [9.17, 15) is 5.26 Å². The van der Waals surface area contributed by atoms with Gasteiger partial charge in [-0.1, -0.05) is 89.9 Å². The highest BCUT2D eigenvalue weighted by atomic mass is 35.5. The van der Waals surface area contributed by atoms with Crippen molar-refractivity contribution >= 4 is 56.8 Å². The molecule has 4 nitrogen and oxygen atoms in total. The van der Waals surface area contributed by atoms with E-state index in [2.05, 4.69) is 45.7 Å². The van der Waals surface area contributed by atoms with Gasteiger partial charge in [-0.25, -0.2) is 4.98 Å². The molecule has 6 rings (SSSR count). The fourth-order valence-corrected chi connectivity index (χ4v) is 5.33. The number of rotatable bonds is 6. The highest BCUT2D eigenvalue weighted by Crippen LogP contribution is 2.30. The van der Waals surface area contributed by atoms with Crippen LogP contribution in [0.15, 0.2) is 103 Å². The molecule has 2 aromatic heterocycles. The summed E-state index contributed by atoms with van der Waals surface area (Å²) in [6.07, 6.45) is 4.00. The molecule has 0 N–H and O–H groups in total. The molecule has 0 saturated heterocycles. The molecule has 4 aromatic carbocycles. The molecular weight excluding hydrogens is 511 g/mol. The average Bonchev–Trinajstić information content (AvgIpc) is 3.47. The molecule has 0 bridgehead atoms. The lowest BCUT2D eigenvalue weighted by molar-refractivity contribution is 0.811. The number of benzene rings is 4. The quantitative estimate of drug-likeness (QED) is 0.202. The Bertz CT molecular complexity index is 1860. The monoisotopic (exact) mass is 532 g/mol. The third kappa shape index (κ3) is 4.59. The summed E-state index contributed by atoms with van der Waals surface area (Å²) in [5.41, 5.74) is 6.47. The maximum Gasteiger partial charge on any atom is 0.152 e. The first kappa shape index (κ1) is 24.1. The molecule has 0 spiro atoms. The minimum absolute atomic E-state index is 0.504. The number of imidazole rings is 1. The zero-order chi connectivity index (χ0) is 26.1. The molecule has 0 saturated carbocycles. The van der Waals surface area contributed by atoms with Crippen LogP contribution in [0, 0.1) is 11.3 Å². The smallest absolute Gasteiger partial charge is 0.152 e. The Morgan fingerprint density at radius 2 is 1.58 bits per heavy atom. The van der Waals surface area contributed by atoms with Gasteiger partial charge in [0.05, 0.1) is 16.6 Å². The van der Waals surface area contributed by atoms with Crippen LogP contribution in [0.1, 0.15) is 22.5 Å². The summed E-state index contributed by atoms with van der Waals surface area (Å²) in [6.45, 7) is 1.20. The topological polar surface area (TPSA) is 46.5 Å². The Kier molecular flexibility index (Phi) is 6.47. The summed E-state index contributed by atoms with van der Waals surface area (Å²) < 4.78 is 4.27. The highest BCUT2D eigenvalue weighted by Gasteiger charge is 2.17. The van der Waals surface area contributed by atoms with Crippen molar-refractivity contribution < 1.29 is 0 Å². The van der Waals surface area contributed by atoms with Gasteiger partial charge < -0.3 is 9.13 Å². The van der Waals surface area contributed by atoms with Crippen LogP contribution in [0.5, 0.6) is 0 Å². The van der Waals surface area contributed by atoms with Crippen molar-refractivity contribution in [2.24, 2.45) is 0 Å². The molecule has 184 valence electrons. The molecule has 0 atom stereocenters. The fourth-order valence-electron chi connectivity index (χ4n) is 4.86. The first-order valence-corrected chi connectivity index (χ1v) is 13.0. The summed E-state index contributed by atoms with van der Waals surface area (Å²) in [7, 11) is 0. The van der Waals surface area contributed by atoms with E-state index in [-0.39, 0.29) is 0 Å². The first-order chi connectivity index (χ1) is 18.6. The van der Waals surface area contributed by atoms with Crippen molar-refractivity contribution in [3.8, 4) is 6.07 Å². The number of halogens is 2. The van der Waals surface area contributed by atoms with Crippen LogP contribution in [0.25, 0.3) is 33.6 Å². The Morgan fingerprint density at radius 1 is 0.842 bits per heavy atom. The zero-order valence-electron chi connectivity index (χ0n) is 20.4. The SMILES string of the molecule is N#C/C(=C\c1cn(Cc2ccc(Cl)cc2Cl)c2ccccc12)c1nc2ccccc2n1Cc1ccccc1. The van der Waals surface area contributed by atoms with E-state index < -0.39 is 0 Å². The normalized spacial score (nSPS) is 11.8. The number of fused-ring (bicyclic) bond motifs is 2. The highest BCUT2D eigenvalue weighted by molar-refractivity contribution is 6.35. The predicted octanol–water partition coefficient (Wildman–Crippen LogP) is 8.46. The summed E-state index contributed by atoms with van der Waals surface area (Å²) >= 11 is 12.6. The molecule has 0 aliphatic heterocycles. The molecule has 6 heteroatoms. The minimum atomic E-state index is 0.504. The maximum absolute atomic E-state index is 10.3. The number of nitriles is 1.